The molecule has 1 aliphatic heterocycles. The Balaban J connectivity index is 1.27. The van der Waals surface area contributed by atoms with E-state index in [0.29, 0.717) is 9.87 Å². The number of nitrogens with zero attached hydrogens (tertiary/aromatic N) is 2. The van der Waals surface area contributed by atoms with Crippen LogP contribution in [0, 0.1) is 29.1 Å². The van der Waals surface area contributed by atoms with Crippen molar-refractivity contribution in [3.63, 3.8) is 0 Å². The Morgan fingerprint density at radius 1 is 0.724 bits per heavy atom. The van der Waals surface area contributed by atoms with E-state index in [4.69, 9.17) is 9.47 Å². The minimum absolute atomic E-state index is 0.0189. The molecular weight excluding hydrogens is 780 g/mol. The van der Waals surface area contributed by atoms with E-state index in [0.717, 1.165) is 36.0 Å². The summed E-state index contributed by atoms with van der Waals surface area (Å²) in [5.74, 6) is -13.9. The topological polar surface area (TPSA) is 93.2 Å². The van der Waals surface area contributed by atoms with Crippen molar-refractivity contribution in [3.8, 4) is 5.75 Å². The second-order valence-corrected chi connectivity index (χ2v) is 15.8. The van der Waals surface area contributed by atoms with Crippen LogP contribution in [-0.2, 0) is 39.3 Å². The van der Waals surface area contributed by atoms with E-state index in [1.165, 1.54) is 28.7 Å². The number of carbonyl (C=O) groups is 2. The van der Waals surface area contributed by atoms with E-state index in [9.17, 15) is 40.0 Å². The van der Waals surface area contributed by atoms with E-state index in [-0.39, 0.29) is 49.6 Å². The number of anilines is 1. The zero-order valence-electron chi connectivity index (χ0n) is 31.0. The van der Waals surface area contributed by atoms with E-state index >= 15 is 0 Å². The molecule has 58 heavy (non-hydrogen) atoms. The van der Waals surface area contributed by atoms with Gasteiger partial charge < -0.3 is 14.4 Å². The minimum atomic E-state index is -5.46. The molecule has 8 nitrogen and oxygen atoms in total. The molecule has 0 spiro atoms. The largest absolute Gasteiger partial charge is 0.488 e. The smallest absolute Gasteiger partial charge is 0.342 e. The van der Waals surface area contributed by atoms with Crippen LogP contribution in [0.1, 0.15) is 64.7 Å². The molecule has 1 amide bonds. The lowest BCUT2D eigenvalue weighted by Crippen LogP contribution is -2.48. The lowest BCUT2D eigenvalue weighted by atomic mass is 10.0. The first kappa shape index (κ1) is 40.3. The van der Waals surface area contributed by atoms with Crippen LogP contribution in [0.3, 0.4) is 0 Å². The highest BCUT2D eigenvalue weighted by Gasteiger charge is 2.45. The monoisotopic (exact) mass is 816 g/mol. The molecule has 7 rings (SSSR count). The van der Waals surface area contributed by atoms with E-state index in [2.05, 4.69) is 6.08 Å². The maximum Gasteiger partial charge on any atom is 0.342 e. The molecule has 1 fully saturated rings. The van der Waals surface area contributed by atoms with Crippen LogP contribution in [0.2, 0.25) is 0 Å². The molecule has 1 heterocycles. The SMILES string of the molecule is O=C(OCc1ccccc1)c1ccc(N(Cc2ccc(C3=CCCC3)cc2)C(=O)[C@H]2CCCN2S(=O)(=O)c2c(F)c(F)c(F)c(F)c2F)cc1OCc1ccccc1. The third-order valence-corrected chi connectivity index (χ3v) is 12.1. The van der Waals surface area contributed by atoms with Crippen LogP contribution in [0.25, 0.3) is 5.57 Å². The fraction of sp³-hybridized carbons (Fsp3) is 0.227. The second kappa shape index (κ2) is 17.3. The van der Waals surface area contributed by atoms with Crippen LogP contribution in [-0.4, -0.2) is 37.2 Å². The van der Waals surface area contributed by atoms with Crippen molar-refractivity contribution in [2.45, 2.75) is 62.8 Å². The van der Waals surface area contributed by atoms with Crippen molar-refractivity contribution >= 4 is 33.2 Å². The Morgan fingerprint density at radius 3 is 1.97 bits per heavy atom. The number of ether oxygens (including phenoxy) is 2. The molecule has 0 unspecified atom stereocenters. The molecule has 14 heteroatoms. The zero-order chi connectivity index (χ0) is 41.0. The molecule has 0 radical (unpaired) electrons. The number of hydrogen-bond donors (Lipinski definition) is 0. The number of amides is 1. The van der Waals surface area contributed by atoms with Gasteiger partial charge in [-0.15, -0.1) is 0 Å². The third kappa shape index (κ3) is 8.39. The van der Waals surface area contributed by atoms with Gasteiger partial charge in [-0.3, -0.25) is 4.79 Å². The molecule has 1 atom stereocenters. The Bertz CT molecular complexity index is 2440. The number of allylic oxidation sites excluding steroid dienone is 2. The summed E-state index contributed by atoms with van der Waals surface area (Å²) in [5, 5.41) is 0. The van der Waals surface area contributed by atoms with Crippen molar-refractivity contribution in [2.75, 3.05) is 11.4 Å². The molecule has 300 valence electrons. The predicted octanol–water partition coefficient (Wildman–Crippen LogP) is 9.27. The summed E-state index contributed by atoms with van der Waals surface area (Å²) >= 11 is 0. The van der Waals surface area contributed by atoms with Crippen molar-refractivity contribution in [3.05, 3.63) is 166 Å². The average molecular weight is 817 g/mol. The molecule has 1 aliphatic carbocycles. The number of carbonyl (C=O) groups excluding carboxylic acids is 2. The van der Waals surface area contributed by atoms with Gasteiger partial charge in [0.05, 0.1) is 6.54 Å². The fourth-order valence-corrected chi connectivity index (χ4v) is 8.89. The lowest BCUT2D eigenvalue weighted by molar-refractivity contribution is -0.121. The molecule has 2 aliphatic rings. The van der Waals surface area contributed by atoms with E-state index < -0.39 is 68.5 Å². The number of halogens is 5. The average Bonchev–Trinajstić information content (AvgIpc) is 3.98. The van der Waals surface area contributed by atoms with Crippen molar-refractivity contribution in [1.82, 2.24) is 4.31 Å². The summed E-state index contributed by atoms with van der Waals surface area (Å²) in [5.41, 5.74) is 4.53. The standard InChI is InChI=1S/C44H37F5N2O6S/c45-37-38(46)40(48)42(41(49)39(37)47)58(54,55)51-23-9-16-35(51)43(52)50(25-28-17-19-32(20-18-28)31-14-7-8-15-31)33-21-22-34(44(53)57-27-30-12-5-2-6-13-30)36(24-33)56-26-29-10-3-1-4-11-29/h1-6,10-14,17-22,24,35H,7-9,15-16,23,25-27H2/t35-/m1/s1. The van der Waals surface area contributed by atoms with Gasteiger partial charge >= 0.3 is 5.97 Å². The van der Waals surface area contributed by atoms with Gasteiger partial charge in [-0.05, 0) is 72.1 Å². The van der Waals surface area contributed by atoms with Crippen LogP contribution in [0.4, 0.5) is 27.6 Å². The highest BCUT2D eigenvalue weighted by Crippen LogP contribution is 2.36. The summed E-state index contributed by atoms with van der Waals surface area (Å²) in [7, 11) is -5.46. The van der Waals surface area contributed by atoms with Gasteiger partial charge in [-0.2, -0.15) is 4.31 Å². The molecule has 0 bridgehead atoms. The maximum absolute atomic E-state index is 15.0. The summed E-state index contributed by atoms with van der Waals surface area (Å²) < 4.78 is 112. The number of rotatable bonds is 13. The first-order chi connectivity index (χ1) is 27.9. The van der Waals surface area contributed by atoms with Crippen LogP contribution < -0.4 is 9.64 Å². The highest BCUT2D eigenvalue weighted by molar-refractivity contribution is 7.89. The fourth-order valence-electron chi connectivity index (χ4n) is 7.12. The summed E-state index contributed by atoms with van der Waals surface area (Å²) in [6.07, 6.45) is 5.00. The van der Waals surface area contributed by atoms with Gasteiger partial charge in [0.1, 0.15) is 30.6 Å². The van der Waals surface area contributed by atoms with Crippen molar-refractivity contribution < 1.29 is 49.4 Å². The van der Waals surface area contributed by atoms with E-state index in [1.54, 1.807) is 24.3 Å². The van der Waals surface area contributed by atoms with Gasteiger partial charge in [0.2, 0.25) is 21.7 Å². The lowest BCUT2D eigenvalue weighted by Gasteiger charge is -2.31. The normalized spacial score (nSPS) is 15.6. The molecule has 5 aromatic rings. The third-order valence-electron chi connectivity index (χ3n) is 10.1. The second-order valence-electron chi connectivity index (χ2n) is 13.9. The molecular formula is C44H37F5N2O6S. The predicted molar refractivity (Wildman–Crippen MR) is 205 cm³/mol. The van der Waals surface area contributed by atoms with Gasteiger partial charge in [0, 0.05) is 18.3 Å². The minimum Gasteiger partial charge on any atom is -0.488 e. The van der Waals surface area contributed by atoms with Crippen LogP contribution >= 0.6 is 0 Å². The molecule has 5 aromatic carbocycles. The van der Waals surface area contributed by atoms with Crippen LogP contribution in [0.15, 0.2) is 114 Å². The van der Waals surface area contributed by atoms with Gasteiger partial charge in [0.25, 0.3) is 0 Å². The molecule has 1 saturated heterocycles. The van der Waals surface area contributed by atoms with Crippen molar-refractivity contribution in [1.29, 1.82) is 0 Å². The molecule has 0 N–H and O–H groups in total. The Kier molecular flexibility index (Phi) is 12.1. The number of esters is 1. The van der Waals surface area contributed by atoms with Gasteiger partial charge in [-0.1, -0.05) is 91.0 Å². The first-order valence-corrected chi connectivity index (χ1v) is 20.0. The number of hydrogen-bond acceptors (Lipinski definition) is 6. The van der Waals surface area contributed by atoms with E-state index in [1.807, 2.05) is 60.7 Å². The highest BCUT2D eigenvalue weighted by atomic mass is 32.2. The molecule has 0 saturated carbocycles. The Hall–Kier alpha value is -5.86. The number of benzene rings is 5. The maximum atomic E-state index is 15.0. The Labute approximate surface area is 332 Å². The molecule has 0 aromatic heterocycles. The quantitative estimate of drug-likeness (QED) is 0.0510. The van der Waals surface area contributed by atoms with Gasteiger partial charge in [0.15, 0.2) is 28.2 Å². The number of sulfonamides is 1. The first-order valence-electron chi connectivity index (χ1n) is 18.6. The van der Waals surface area contributed by atoms with Crippen molar-refractivity contribution in [2.24, 2.45) is 0 Å². The van der Waals surface area contributed by atoms with Gasteiger partial charge in [-0.25, -0.2) is 35.2 Å². The van der Waals surface area contributed by atoms with Crippen LogP contribution in [0.5, 0.6) is 5.75 Å². The summed E-state index contributed by atoms with van der Waals surface area (Å²) in [4.78, 5) is 27.4. The summed E-state index contributed by atoms with van der Waals surface area (Å²) in [6.45, 7) is -0.592. The Morgan fingerprint density at radius 2 is 1.34 bits per heavy atom. The summed E-state index contributed by atoms with van der Waals surface area (Å²) in [6, 6.07) is 28.3. The zero-order valence-corrected chi connectivity index (χ0v) is 31.8.